The first kappa shape index (κ1) is 13.9. The second-order valence-electron chi connectivity index (χ2n) is 5.68. The van der Waals surface area contributed by atoms with E-state index in [-0.39, 0.29) is 23.8 Å². The molecule has 1 unspecified atom stereocenters. The Morgan fingerprint density at radius 3 is 2.62 bits per heavy atom. The highest BCUT2D eigenvalue weighted by atomic mass is 16.5. The Labute approximate surface area is 124 Å². The number of piperidine rings is 1. The van der Waals surface area contributed by atoms with Crippen molar-refractivity contribution >= 4 is 17.6 Å². The molecule has 1 fully saturated rings. The van der Waals surface area contributed by atoms with Gasteiger partial charge >= 0.3 is 5.97 Å². The van der Waals surface area contributed by atoms with Gasteiger partial charge in [0.25, 0.3) is 0 Å². The number of methoxy groups -OCH3 is 1. The number of likely N-dealkylation sites (tertiary alicyclic amines) is 1. The fourth-order valence-corrected chi connectivity index (χ4v) is 3.17. The molecule has 1 N–H and O–H groups in total. The van der Waals surface area contributed by atoms with Crippen LogP contribution in [0.1, 0.15) is 18.4 Å². The smallest absolute Gasteiger partial charge is 0.308 e. The van der Waals surface area contributed by atoms with Crippen molar-refractivity contribution in [2.45, 2.75) is 25.3 Å². The van der Waals surface area contributed by atoms with Gasteiger partial charge in [0.05, 0.1) is 13.0 Å². The van der Waals surface area contributed by atoms with Crippen molar-refractivity contribution in [1.82, 2.24) is 4.90 Å². The Morgan fingerprint density at radius 1 is 1.24 bits per heavy atom. The van der Waals surface area contributed by atoms with Crippen molar-refractivity contribution in [2.24, 2.45) is 5.92 Å². The van der Waals surface area contributed by atoms with Gasteiger partial charge < -0.3 is 15.0 Å². The molecule has 0 aliphatic carbocycles. The Hall–Kier alpha value is -2.04. The predicted octanol–water partition coefficient (Wildman–Crippen LogP) is 1.43. The minimum absolute atomic E-state index is 0.0622. The van der Waals surface area contributed by atoms with Crippen molar-refractivity contribution in [3.8, 4) is 0 Å². The second kappa shape index (κ2) is 5.76. The van der Waals surface area contributed by atoms with Crippen LogP contribution in [0.3, 0.4) is 0 Å². The summed E-state index contributed by atoms with van der Waals surface area (Å²) in [6.45, 7) is 1.26. The predicted molar refractivity (Wildman–Crippen MR) is 78.9 cm³/mol. The summed E-state index contributed by atoms with van der Waals surface area (Å²) < 4.78 is 4.77. The summed E-state index contributed by atoms with van der Waals surface area (Å²) in [7, 11) is 1.42. The van der Waals surface area contributed by atoms with Crippen LogP contribution in [-0.2, 0) is 20.7 Å². The summed E-state index contributed by atoms with van der Waals surface area (Å²) in [4.78, 5) is 25.9. The third-order valence-corrected chi connectivity index (χ3v) is 4.41. The molecule has 0 spiro atoms. The van der Waals surface area contributed by atoms with Gasteiger partial charge in [-0.2, -0.15) is 0 Å². The first-order valence-electron chi connectivity index (χ1n) is 7.40. The maximum atomic E-state index is 12.6. The number of ether oxygens (including phenoxy) is 1. The van der Waals surface area contributed by atoms with Gasteiger partial charge in [-0.25, -0.2) is 0 Å². The van der Waals surface area contributed by atoms with E-state index in [1.54, 1.807) is 0 Å². The highest BCUT2D eigenvalue weighted by Crippen LogP contribution is 2.27. The van der Waals surface area contributed by atoms with Crippen LogP contribution in [0.25, 0.3) is 0 Å². The number of nitrogens with one attached hydrogen (secondary N) is 1. The van der Waals surface area contributed by atoms with Gasteiger partial charge in [0, 0.05) is 25.2 Å². The number of carbonyl (C=O) groups is 2. The fraction of sp³-hybridized carbons (Fsp3) is 0.500. The van der Waals surface area contributed by atoms with Gasteiger partial charge in [0.2, 0.25) is 5.91 Å². The van der Waals surface area contributed by atoms with Crippen LogP contribution in [0, 0.1) is 5.92 Å². The third kappa shape index (κ3) is 2.73. The molecular formula is C16H20N2O3. The van der Waals surface area contributed by atoms with Crippen molar-refractivity contribution in [2.75, 3.05) is 25.5 Å². The van der Waals surface area contributed by atoms with E-state index in [1.165, 1.54) is 12.7 Å². The fourth-order valence-electron chi connectivity index (χ4n) is 3.17. The van der Waals surface area contributed by atoms with Gasteiger partial charge in [0.1, 0.15) is 6.04 Å². The zero-order valence-corrected chi connectivity index (χ0v) is 12.2. The molecule has 1 saturated heterocycles. The molecule has 1 amide bonds. The summed E-state index contributed by atoms with van der Waals surface area (Å²) >= 11 is 0. The van der Waals surface area contributed by atoms with Crippen LogP contribution in [-0.4, -0.2) is 43.0 Å². The average Bonchev–Trinajstić information content (AvgIpc) is 2.97. The summed E-state index contributed by atoms with van der Waals surface area (Å²) in [6.07, 6.45) is 2.13. The molecule has 0 radical (unpaired) electrons. The van der Waals surface area contributed by atoms with Gasteiger partial charge in [0.15, 0.2) is 0 Å². The monoisotopic (exact) mass is 288 g/mol. The molecule has 5 heteroatoms. The van der Waals surface area contributed by atoms with Gasteiger partial charge in [-0.3, -0.25) is 9.59 Å². The van der Waals surface area contributed by atoms with Crippen LogP contribution in [0.15, 0.2) is 24.3 Å². The molecule has 112 valence electrons. The number of hydrogen-bond acceptors (Lipinski definition) is 4. The Kier molecular flexibility index (Phi) is 3.82. The molecule has 0 aromatic heterocycles. The molecule has 0 bridgehead atoms. The molecule has 21 heavy (non-hydrogen) atoms. The SMILES string of the molecule is COC(=O)C1CCN(C(=O)C2Cc3ccccc3N2)CC1. The summed E-state index contributed by atoms with van der Waals surface area (Å²) in [5, 5.41) is 3.29. The number of nitrogens with zero attached hydrogens (tertiary/aromatic N) is 1. The summed E-state index contributed by atoms with van der Waals surface area (Å²) in [6, 6.07) is 7.86. The van der Waals surface area contributed by atoms with Gasteiger partial charge in [-0.15, -0.1) is 0 Å². The van der Waals surface area contributed by atoms with E-state index in [1.807, 2.05) is 23.1 Å². The van der Waals surface area contributed by atoms with Crippen LogP contribution >= 0.6 is 0 Å². The minimum Gasteiger partial charge on any atom is -0.469 e. The maximum Gasteiger partial charge on any atom is 0.308 e. The molecule has 2 aliphatic heterocycles. The van der Waals surface area contributed by atoms with E-state index in [9.17, 15) is 9.59 Å². The summed E-state index contributed by atoms with van der Waals surface area (Å²) in [5.74, 6) is -0.0872. The van der Waals surface area contributed by atoms with Crippen LogP contribution in [0.2, 0.25) is 0 Å². The topological polar surface area (TPSA) is 58.6 Å². The standard InChI is InChI=1S/C16H20N2O3/c1-21-16(20)11-6-8-18(9-7-11)15(19)14-10-12-4-2-3-5-13(12)17-14/h2-5,11,14,17H,6-10H2,1H3. The molecule has 3 rings (SSSR count). The highest BCUT2D eigenvalue weighted by molar-refractivity contribution is 5.87. The number of esters is 1. The lowest BCUT2D eigenvalue weighted by atomic mass is 9.96. The maximum absolute atomic E-state index is 12.6. The molecule has 1 aromatic carbocycles. The van der Waals surface area contributed by atoms with E-state index in [0.29, 0.717) is 25.9 Å². The minimum atomic E-state index is -0.169. The van der Waals surface area contributed by atoms with Gasteiger partial charge in [-0.1, -0.05) is 18.2 Å². The Balaban J connectivity index is 1.57. The lowest BCUT2D eigenvalue weighted by Crippen LogP contribution is -2.46. The quantitative estimate of drug-likeness (QED) is 0.837. The van der Waals surface area contributed by atoms with E-state index in [4.69, 9.17) is 4.74 Å². The number of hydrogen-bond donors (Lipinski definition) is 1. The van der Waals surface area contributed by atoms with Crippen LogP contribution < -0.4 is 5.32 Å². The number of rotatable bonds is 2. The molecule has 0 saturated carbocycles. The molecule has 2 aliphatic rings. The number of amides is 1. The van der Waals surface area contributed by atoms with Crippen LogP contribution in [0.5, 0.6) is 0 Å². The lowest BCUT2D eigenvalue weighted by molar-refractivity contribution is -0.149. The van der Waals surface area contributed by atoms with E-state index in [2.05, 4.69) is 11.4 Å². The number of fused-ring (bicyclic) bond motifs is 1. The van der Waals surface area contributed by atoms with Crippen molar-refractivity contribution in [3.05, 3.63) is 29.8 Å². The Bertz CT molecular complexity index is 525. The second-order valence-corrected chi connectivity index (χ2v) is 5.68. The zero-order valence-electron chi connectivity index (χ0n) is 12.2. The molecule has 5 nitrogen and oxygen atoms in total. The Morgan fingerprint density at radius 2 is 1.95 bits per heavy atom. The van der Waals surface area contributed by atoms with Crippen molar-refractivity contribution in [3.63, 3.8) is 0 Å². The number of carbonyl (C=O) groups excluding carboxylic acids is 2. The molecular weight excluding hydrogens is 268 g/mol. The van der Waals surface area contributed by atoms with Crippen molar-refractivity contribution < 1.29 is 14.3 Å². The van der Waals surface area contributed by atoms with Crippen molar-refractivity contribution in [1.29, 1.82) is 0 Å². The first-order chi connectivity index (χ1) is 10.2. The largest absolute Gasteiger partial charge is 0.469 e. The van der Waals surface area contributed by atoms with E-state index < -0.39 is 0 Å². The average molecular weight is 288 g/mol. The zero-order chi connectivity index (χ0) is 14.8. The van der Waals surface area contributed by atoms with E-state index >= 15 is 0 Å². The lowest BCUT2D eigenvalue weighted by Gasteiger charge is -2.32. The number of benzene rings is 1. The number of anilines is 1. The normalized spacial score (nSPS) is 21.6. The van der Waals surface area contributed by atoms with Gasteiger partial charge in [-0.05, 0) is 24.5 Å². The first-order valence-corrected chi connectivity index (χ1v) is 7.40. The van der Waals surface area contributed by atoms with E-state index in [0.717, 1.165) is 12.1 Å². The van der Waals surface area contributed by atoms with Crippen LogP contribution in [0.4, 0.5) is 5.69 Å². The molecule has 2 heterocycles. The number of para-hydroxylation sites is 1. The third-order valence-electron chi connectivity index (χ3n) is 4.41. The molecule has 1 aromatic rings. The summed E-state index contributed by atoms with van der Waals surface area (Å²) in [5.41, 5.74) is 2.25. The highest BCUT2D eigenvalue weighted by Gasteiger charge is 2.33. The molecule has 1 atom stereocenters.